The van der Waals surface area contributed by atoms with Crippen LogP contribution in [-0.4, -0.2) is 36.5 Å². The molecule has 0 amide bonds. The van der Waals surface area contributed by atoms with Crippen molar-refractivity contribution in [1.82, 2.24) is 0 Å². The number of rotatable bonds is 6. The van der Waals surface area contributed by atoms with E-state index in [-0.39, 0.29) is 11.7 Å². The number of likely N-dealkylation sites (N-methyl/N-ethyl adjacent to an activating group) is 1. The van der Waals surface area contributed by atoms with Crippen molar-refractivity contribution < 1.29 is 9.90 Å². The molecule has 2 aromatic rings. The van der Waals surface area contributed by atoms with Gasteiger partial charge in [-0.2, -0.15) is 0 Å². The average Bonchev–Trinajstić information content (AvgIpc) is 3.00. The number of anilines is 1. The molecule has 1 heterocycles. The van der Waals surface area contributed by atoms with Crippen LogP contribution >= 0.6 is 22.9 Å². The Morgan fingerprint density at radius 3 is 2.75 bits per heavy atom. The van der Waals surface area contributed by atoms with E-state index < -0.39 is 6.10 Å². The highest BCUT2D eigenvalue weighted by Gasteiger charge is 2.17. The van der Waals surface area contributed by atoms with Crippen LogP contribution in [0.4, 0.5) is 5.69 Å². The molecule has 1 aromatic heterocycles. The van der Waals surface area contributed by atoms with Crippen molar-refractivity contribution in [1.29, 1.82) is 0 Å². The van der Waals surface area contributed by atoms with E-state index in [1.807, 2.05) is 47.7 Å². The third-order valence-corrected chi connectivity index (χ3v) is 4.19. The standard InChI is InChI=1S/C15H16ClNO2S/c1-17(10-11(18)9-16)13-6-3-2-5-12(13)15(19)14-7-4-8-20-14/h2-8,11,18H,9-10H2,1H3. The van der Waals surface area contributed by atoms with Crippen LogP contribution < -0.4 is 4.90 Å². The van der Waals surface area contributed by atoms with Crippen LogP contribution in [0.1, 0.15) is 15.2 Å². The molecule has 0 bridgehead atoms. The molecule has 1 aromatic carbocycles. The van der Waals surface area contributed by atoms with Crippen molar-refractivity contribution in [3.63, 3.8) is 0 Å². The highest BCUT2D eigenvalue weighted by molar-refractivity contribution is 7.12. The zero-order valence-corrected chi connectivity index (χ0v) is 12.7. The Morgan fingerprint density at radius 1 is 1.35 bits per heavy atom. The monoisotopic (exact) mass is 309 g/mol. The second kappa shape index (κ2) is 6.88. The quantitative estimate of drug-likeness (QED) is 0.659. The number of halogens is 1. The van der Waals surface area contributed by atoms with Crippen molar-refractivity contribution in [2.45, 2.75) is 6.10 Å². The number of alkyl halides is 1. The third-order valence-electron chi connectivity index (χ3n) is 2.97. The van der Waals surface area contributed by atoms with Gasteiger partial charge in [0.25, 0.3) is 0 Å². The molecule has 0 fully saturated rings. The topological polar surface area (TPSA) is 40.5 Å². The number of benzene rings is 1. The number of para-hydroxylation sites is 1. The molecule has 5 heteroatoms. The summed E-state index contributed by atoms with van der Waals surface area (Å²) in [7, 11) is 1.84. The molecule has 1 N–H and O–H groups in total. The second-order valence-corrected chi connectivity index (χ2v) is 5.77. The zero-order chi connectivity index (χ0) is 14.5. The normalized spacial score (nSPS) is 12.2. The van der Waals surface area contributed by atoms with Gasteiger partial charge in [0.15, 0.2) is 0 Å². The lowest BCUT2D eigenvalue weighted by atomic mass is 10.1. The van der Waals surface area contributed by atoms with Crippen LogP contribution in [0.3, 0.4) is 0 Å². The van der Waals surface area contributed by atoms with E-state index in [1.165, 1.54) is 11.3 Å². The molecule has 0 saturated heterocycles. The summed E-state index contributed by atoms with van der Waals surface area (Å²) in [6.07, 6.45) is -0.619. The minimum atomic E-state index is -0.619. The third kappa shape index (κ3) is 3.39. The largest absolute Gasteiger partial charge is 0.390 e. The molecule has 0 saturated carbocycles. The van der Waals surface area contributed by atoms with Crippen molar-refractivity contribution in [3.8, 4) is 0 Å². The maximum absolute atomic E-state index is 12.5. The molecule has 20 heavy (non-hydrogen) atoms. The van der Waals surface area contributed by atoms with Crippen molar-refractivity contribution in [3.05, 3.63) is 52.2 Å². The van der Waals surface area contributed by atoms with Gasteiger partial charge in [-0.05, 0) is 23.6 Å². The Kier molecular flexibility index (Phi) is 5.17. The predicted octanol–water partition coefficient (Wildman–Crippen LogP) is 3.02. The fourth-order valence-corrected chi connectivity index (χ4v) is 2.78. The Bertz CT molecular complexity index is 571. The van der Waals surface area contributed by atoms with E-state index in [9.17, 15) is 9.90 Å². The van der Waals surface area contributed by atoms with E-state index in [0.717, 1.165) is 5.69 Å². The van der Waals surface area contributed by atoms with Gasteiger partial charge in [-0.1, -0.05) is 18.2 Å². The molecule has 1 atom stereocenters. The first kappa shape index (κ1) is 15.0. The van der Waals surface area contributed by atoms with Crippen molar-refractivity contribution >= 4 is 34.4 Å². The summed E-state index contributed by atoms with van der Waals surface area (Å²) in [6, 6.07) is 11.1. The van der Waals surface area contributed by atoms with Crippen LogP contribution in [0.15, 0.2) is 41.8 Å². The molecule has 0 radical (unpaired) electrons. The van der Waals surface area contributed by atoms with Gasteiger partial charge in [-0.3, -0.25) is 4.79 Å². The number of ketones is 1. The number of aliphatic hydroxyl groups is 1. The molecule has 2 rings (SSSR count). The number of nitrogens with zero attached hydrogens (tertiary/aromatic N) is 1. The lowest BCUT2D eigenvalue weighted by Crippen LogP contribution is -2.31. The van der Waals surface area contributed by atoms with Gasteiger partial charge in [0, 0.05) is 24.8 Å². The fourth-order valence-electron chi connectivity index (χ4n) is 2.00. The predicted molar refractivity (Wildman–Crippen MR) is 84.2 cm³/mol. The van der Waals surface area contributed by atoms with Crippen molar-refractivity contribution in [2.24, 2.45) is 0 Å². The maximum Gasteiger partial charge on any atom is 0.205 e. The van der Waals surface area contributed by atoms with E-state index in [1.54, 1.807) is 6.07 Å². The minimum Gasteiger partial charge on any atom is -0.390 e. The number of carbonyl (C=O) groups is 1. The van der Waals surface area contributed by atoms with Crippen LogP contribution in [0.25, 0.3) is 0 Å². The van der Waals surface area contributed by atoms with Gasteiger partial charge in [-0.25, -0.2) is 0 Å². The molecule has 0 aliphatic heterocycles. The summed E-state index contributed by atoms with van der Waals surface area (Å²) in [4.78, 5) is 15.1. The van der Waals surface area contributed by atoms with Gasteiger partial charge in [0.1, 0.15) is 0 Å². The number of aliphatic hydroxyl groups excluding tert-OH is 1. The summed E-state index contributed by atoms with van der Waals surface area (Å²) >= 11 is 7.05. The van der Waals surface area contributed by atoms with Crippen LogP contribution in [-0.2, 0) is 0 Å². The fraction of sp³-hybridized carbons (Fsp3) is 0.267. The first-order valence-electron chi connectivity index (χ1n) is 6.26. The van der Waals surface area contributed by atoms with Crippen LogP contribution in [0.5, 0.6) is 0 Å². The van der Waals surface area contributed by atoms with Gasteiger partial charge in [0.2, 0.25) is 5.78 Å². The van der Waals surface area contributed by atoms with Gasteiger partial charge in [0.05, 0.1) is 16.9 Å². The highest BCUT2D eigenvalue weighted by atomic mass is 35.5. The van der Waals surface area contributed by atoms with E-state index in [2.05, 4.69) is 0 Å². The van der Waals surface area contributed by atoms with Gasteiger partial charge < -0.3 is 10.0 Å². The molecular formula is C15H16ClNO2S. The maximum atomic E-state index is 12.5. The molecule has 0 aliphatic carbocycles. The van der Waals surface area contributed by atoms with Gasteiger partial charge in [-0.15, -0.1) is 22.9 Å². The van der Waals surface area contributed by atoms with Crippen molar-refractivity contribution in [2.75, 3.05) is 24.4 Å². The van der Waals surface area contributed by atoms with Crippen LogP contribution in [0.2, 0.25) is 0 Å². The lowest BCUT2D eigenvalue weighted by molar-refractivity contribution is 0.104. The summed E-state index contributed by atoms with van der Waals surface area (Å²) in [5.41, 5.74) is 1.44. The van der Waals surface area contributed by atoms with Gasteiger partial charge >= 0.3 is 0 Å². The summed E-state index contributed by atoms with van der Waals surface area (Å²) < 4.78 is 0. The minimum absolute atomic E-state index is 0.00260. The van der Waals surface area contributed by atoms with E-state index >= 15 is 0 Å². The lowest BCUT2D eigenvalue weighted by Gasteiger charge is -2.23. The molecule has 0 aliphatic rings. The van der Waals surface area contributed by atoms with Crippen LogP contribution in [0, 0.1) is 0 Å². The Hall–Kier alpha value is -1.36. The highest BCUT2D eigenvalue weighted by Crippen LogP contribution is 2.24. The second-order valence-electron chi connectivity index (χ2n) is 4.51. The summed E-state index contributed by atoms with van der Waals surface area (Å²) in [5, 5.41) is 11.5. The number of thiophene rings is 1. The smallest absolute Gasteiger partial charge is 0.205 e. The molecular weight excluding hydrogens is 294 g/mol. The number of hydrogen-bond acceptors (Lipinski definition) is 4. The first-order chi connectivity index (χ1) is 9.63. The molecule has 1 unspecified atom stereocenters. The molecule has 106 valence electrons. The average molecular weight is 310 g/mol. The SMILES string of the molecule is CN(CC(O)CCl)c1ccccc1C(=O)c1cccs1. The van der Waals surface area contributed by atoms with E-state index in [4.69, 9.17) is 11.6 Å². The Labute approximate surface area is 127 Å². The Morgan fingerprint density at radius 2 is 2.10 bits per heavy atom. The molecule has 3 nitrogen and oxygen atoms in total. The number of carbonyl (C=O) groups excluding carboxylic acids is 1. The zero-order valence-electron chi connectivity index (χ0n) is 11.1. The first-order valence-corrected chi connectivity index (χ1v) is 7.67. The van der Waals surface area contributed by atoms with E-state index in [0.29, 0.717) is 17.0 Å². The molecule has 0 spiro atoms. The Balaban J connectivity index is 2.28. The number of hydrogen-bond donors (Lipinski definition) is 1. The summed E-state index contributed by atoms with van der Waals surface area (Å²) in [5.74, 6) is 0.175. The summed E-state index contributed by atoms with van der Waals surface area (Å²) in [6.45, 7) is 0.387.